The predicted octanol–water partition coefficient (Wildman–Crippen LogP) is 3.50. The summed E-state index contributed by atoms with van der Waals surface area (Å²) in [6.07, 6.45) is 1.49. The number of aryl methyl sites for hydroxylation is 1. The zero-order valence-corrected chi connectivity index (χ0v) is 13.4. The van der Waals surface area contributed by atoms with E-state index in [1.807, 2.05) is 19.9 Å². The summed E-state index contributed by atoms with van der Waals surface area (Å²) in [5.74, 6) is 0.388. The normalized spacial score (nSPS) is 12.5. The maximum absolute atomic E-state index is 13.6. The molecule has 0 unspecified atom stereocenters. The topological polar surface area (TPSA) is 38.3 Å². The largest absolute Gasteiger partial charge is 0.489 e. The molecular formula is C17H26FNO2. The van der Waals surface area contributed by atoms with Crippen LogP contribution in [0.3, 0.4) is 0 Å². The van der Waals surface area contributed by atoms with Gasteiger partial charge in [0.05, 0.1) is 0 Å². The number of rotatable bonds is 9. The second-order valence-electron chi connectivity index (χ2n) is 5.68. The van der Waals surface area contributed by atoms with Crippen molar-refractivity contribution in [1.29, 1.82) is 0 Å². The van der Waals surface area contributed by atoms with Crippen molar-refractivity contribution in [2.75, 3.05) is 6.54 Å². The van der Waals surface area contributed by atoms with Crippen LogP contribution in [0, 0.1) is 5.82 Å². The molecule has 0 aliphatic rings. The standard InChI is InChI=1S/C17H26FNO2/c1-5-16(20)7-6-14-8-15(18)10-17(9-14)21-13(4)11-19-12(2)3/h8-10,12-13,19H,5-7,11H2,1-4H3/t13-/m1/s1. The fourth-order valence-electron chi connectivity index (χ4n) is 1.97. The summed E-state index contributed by atoms with van der Waals surface area (Å²) in [6, 6.07) is 5.06. The number of hydrogen-bond donors (Lipinski definition) is 1. The summed E-state index contributed by atoms with van der Waals surface area (Å²) < 4.78 is 19.3. The summed E-state index contributed by atoms with van der Waals surface area (Å²) in [5, 5.41) is 3.28. The fourth-order valence-corrected chi connectivity index (χ4v) is 1.97. The van der Waals surface area contributed by atoms with E-state index in [0.717, 1.165) is 5.56 Å². The Labute approximate surface area is 126 Å². The van der Waals surface area contributed by atoms with E-state index in [1.54, 1.807) is 0 Å². The number of benzene rings is 1. The first-order valence-electron chi connectivity index (χ1n) is 7.62. The number of carbonyl (C=O) groups excluding carboxylic acids is 1. The molecule has 0 fully saturated rings. The number of carbonyl (C=O) groups is 1. The van der Waals surface area contributed by atoms with Crippen LogP contribution in [0.2, 0.25) is 0 Å². The molecule has 0 spiro atoms. The lowest BCUT2D eigenvalue weighted by Gasteiger charge is -2.17. The third kappa shape index (κ3) is 7.23. The van der Waals surface area contributed by atoms with E-state index in [-0.39, 0.29) is 17.7 Å². The number of nitrogens with one attached hydrogen (secondary N) is 1. The lowest BCUT2D eigenvalue weighted by molar-refractivity contribution is -0.118. The lowest BCUT2D eigenvalue weighted by Crippen LogP contribution is -2.33. The smallest absolute Gasteiger partial charge is 0.132 e. The van der Waals surface area contributed by atoms with Gasteiger partial charge in [0, 0.05) is 31.5 Å². The molecule has 1 aromatic carbocycles. The zero-order valence-electron chi connectivity index (χ0n) is 13.4. The molecule has 0 bridgehead atoms. The Hall–Kier alpha value is -1.42. The van der Waals surface area contributed by atoms with Gasteiger partial charge in [-0.25, -0.2) is 4.39 Å². The first-order valence-corrected chi connectivity index (χ1v) is 7.62. The minimum Gasteiger partial charge on any atom is -0.489 e. The van der Waals surface area contributed by atoms with Gasteiger partial charge in [-0.15, -0.1) is 0 Å². The molecule has 1 rings (SSSR count). The van der Waals surface area contributed by atoms with E-state index in [9.17, 15) is 9.18 Å². The highest BCUT2D eigenvalue weighted by atomic mass is 19.1. The molecule has 0 aromatic heterocycles. The van der Waals surface area contributed by atoms with E-state index >= 15 is 0 Å². The van der Waals surface area contributed by atoms with Crippen LogP contribution in [0.1, 0.15) is 46.1 Å². The van der Waals surface area contributed by atoms with E-state index in [1.165, 1.54) is 12.1 Å². The SMILES string of the molecule is CCC(=O)CCc1cc(F)cc(O[C@H](C)CNC(C)C)c1. The number of hydrogen-bond acceptors (Lipinski definition) is 3. The van der Waals surface area contributed by atoms with Crippen molar-refractivity contribution in [3.05, 3.63) is 29.6 Å². The minimum absolute atomic E-state index is 0.0423. The van der Waals surface area contributed by atoms with Crippen LogP contribution in [0.4, 0.5) is 4.39 Å². The van der Waals surface area contributed by atoms with Crippen molar-refractivity contribution in [3.63, 3.8) is 0 Å². The molecule has 3 nitrogen and oxygen atoms in total. The molecular weight excluding hydrogens is 269 g/mol. The van der Waals surface area contributed by atoms with Gasteiger partial charge >= 0.3 is 0 Å². The van der Waals surface area contributed by atoms with E-state index in [4.69, 9.17) is 4.74 Å². The second kappa shape index (κ2) is 8.78. The Balaban J connectivity index is 2.61. The van der Waals surface area contributed by atoms with Gasteiger partial charge < -0.3 is 10.1 Å². The third-order valence-corrected chi connectivity index (χ3v) is 3.17. The van der Waals surface area contributed by atoms with Gasteiger partial charge in [-0.2, -0.15) is 0 Å². The highest BCUT2D eigenvalue weighted by Gasteiger charge is 2.08. The minimum atomic E-state index is -0.324. The number of ether oxygens (including phenoxy) is 1. The van der Waals surface area contributed by atoms with Crippen LogP contribution < -0.4 is 10.1 Å². The summed E-state index contributed by atoms with van der Waals surface area (Å²) in [5.41, 5.74) is 0.802. The van der Waals surface area contributed by atoms with Crippen LogP contribution in [0.5, 0.6) is 5.75 Å². The quantitative estimate of drug-likeness (QED) is 0.757. The highest BCUT2D eigenvalue weighted by molar-refractivity contribution is 5.78. The molecule has 21 heavy (non-hydrogen) atoms. The first kappa shape index (κ1) is 17.6. The summed E-state index contributed by atoms with van der Waals surface area (Å²) >= 11 is 0. The molecule has 4 heteroatoms. The lowest BCUT2D eigenvalue weighted by atomic mass is 10.1. The Kier molecular flexibility index (Phi) is 7.37. The molecule has 0 saturated carbocycles. The van der Waals surface area contributed by atoms with Gasteiger partial charge in [0.2, 0.25) is 0 Å². The van der Waals surface area contributed by atoms with Gasteiger partial charge in [0.25, 0.3) is 0 Å². The van der Waals surface area contributed by atoms with Crippen molar-refractivity contribution in [2.24, 2.45) is 0 Å². The van der Waals surface area contributed by atoms with Crippen molar-refractivity contribution < 1.29 is 13.9 Å². The number of Topliss-reactive ketones (excluding diaryl/α,β-unsaturated/α-hetero) is 1. The van der Waals surface area contributed by atoms with Crippen LogP contribution in [0.25, 0.3) is 0 Å². The van der Waals surface area contributed by atoms with E-state index in [2.05, 4.69) is 19.2 Å². The van der Waals surface area contributed by atoms with Crippen molar-refractivity contribution in [3.8, 4) is 5.75 Å². The van der Waals surface area contributed by atoms with Gasteiger partial charge in [0.1, 0.15) is 23.5 Å². The molecule has 0 radical (unpaired) electrons. The summed E-state index contributed by atoms with van der Waals surface area (Å²) in [4.78, 5) is 11.3. The maximum Gasteiger partial charge on any atom is 0.132 e. The van der Waals surface area contributed by atoms with Crippen LogP contribution >= 0.6 is 0 Å². The summed E-state index contributed by atoms with van der Waals surface area (Å²) in [6.45, 7) is 8.62. The first-order chi connectivity index (χ1) is 9.90. The third-order valence-electron chi connectivity index (χ3n) is 3.17. The molecule has 1 aromatic rings. The fraction of sp³-hybridized carbons (Fsp3) is 0.588. The van der Waals surface area contributed by atoms with Crippen LogP contribution in [0.15, 0.2) is 18.2 Å². The highest BCUT2D eigenvalue weighted by Crippen LogP contribution is 2.19. The average Bonchev–Trinajstić information content (AvgIpc) is 2.42. The van der Waals surface area contributed by atoms with E-state index in [0.29, 0.717) is 37.6 Å². The Morgan fingerprint density at radius 1 is 1.29 bits per heavy atom. The van der Waals surface area contributed by atoms with Crippen molar-refractivity contribution in [1.82, 2.24) is 5.32 Å². The monoisotopic (exact) mass is 295 g/mol. The molecule has 0 amide bonds. The molecule has 0 saturated heterocycles. The Morgan fingerprint density at radius 3 is 2.62 bits per heavy atom. The molecule has 1 atom stereocenters. The average molecular weight is 295 g/mol. The Morgan fingerprint density at radius 2 is 2.00 bits per heavy atom. The molecule has 1 N–H and O–H groups in total. The van der Waals surface area contributed by atoms with E-state index < -0.39 is 0 Å². The second-order valence-corrected chi connectivity index (χ2v) is 5.68. The van der Waals surface area contributed by atoms with Crippen molar-refractivity contribution in [2.45, 2.75) is 59.1 Å². The van der Waals surface area contributed by atoms with Gasteiger partial charge in [-0.1, -0.05) is 20.8 Å². The maximum atomic E-state index is 13.6. The molecule has 118 valence electrons. The number of halogens is 1. The van der Waals surface area contributed by atoms with Crippen molar-refractivity contribution >= 4 is 5.78 Å². The van der Waals surface area contributed by atoms with Gasteiger partial charge in [-0.3, -0.25) is 4.79 Å². The van der Waals surface area contributed by atoms with Gasteiger partial charge in [0.15, 0.2) is 0 Å². The van der Waals surface area contributed by atoms with Crippen LogP contribution in [-0.2, 0) is 11.2 Å². The number of ketones is 1. The van der Waals surface area contributed by atoms with Crippen LogP contribution in [-0.4, -0.2) is 24.5 Å². The molecule has 0 aliphatic heterocycles. The zero-order chi connectivity index (χ0) is 15.8. The van der Waals surface area contributed by atoms with Gasteiger partial charge in [-0.05, 0) is 31.0 Å². The molecule has 0 aliphatic carbocycles. The summed E-state index contributed by atoms with van der Waals surface area (Å²) in [7, 11) is 0. The Bertz CT molecular complexity index is 460. The molecule has 0 heterocycles. The predicted molar refractivity (Wildman–Crippen MR) is 83.2 cm³/mol.